The third kappa shape index (κ3) is 11.2. The van der Waals surface area contributed by atoms with Gasteiger partial charge in [0.05, 0.1) is 6.54 Å². The molecule has 144 valence electrons. The molecule has 1 aliphatic rings. The van der Waals surface area contributed by atoms with E-state index in [-0.39, 0.29) is 5.78 Å². The highest BCUT2D eigenvalue weighted by Crippen LogP contribution is 2.11. The van der Waals surface area contributed by atoms with Gasteiger partial charge in [-0.3, -0.25) is 9.79 Å². The van der Waals surface area contributed by atoms with Crippen LogP contribution in [0.2, 0.25) is 0 Å². The van der Waals surface area contributed by atoms with Crippen LogP contribution in [0.4, 0.5) is 0 Å². The van der Waals surface area contributed by atoms with Crippen LogP contribution in [-0.4, -0.2) is 36.7 Å². The first kappa shape index (κ1) is 21.9. The van der Waals surface area contributed by atoms with Crippen LogP contribution >= 0.6 is 0 Å². The molecule has 0 N–H and O–H groups in total. The number of carbonyl (C=O) groups excluding carboxylic acids is 1. The van der Waals surface area contributed by atoms with E-state index in [2.05, 4.69) is 24.1 Å². The molecule has 3 nitrogen and oxygen atoms in total. The SMILES string of the molecule is CCCCCCCCC=CCCCCCCCC(=O)C1=NCCN1C. The molecule has 1 aliphatic heterocycles. The number of hydrogen-bond acceptors (Lipinski definition) is 3. The van der Waals surface area contributed by atoms with Crippen molar-refractivity contribution in [2.24, 2.45) is 4.99 Å². The number of nitrogens with zero attached hydrogens (tertiary/aromatic N) is 2. The van der Waals surface area contributed by atoms with E-state index in [1.807, 2.05) is 11.9 Å². The number of unbranched alkanes of at least 4 members (excludes halogenated alkanes) is 11. The third-order valence-corrected chi connectivity index (χ3v) is 4.97. The van der Waals surface area contributed by atoms with Crippen molar-refractivity contribution in [1.29, 1.82) is 0 Å². The predicted octanol–water partition coefficient (Wildman–Crippen LogP) is 5.94. The smallest absolute Gasteiger partial charge is 0.197 e. The first-order valence-corrected chi connectivity index (χ1v) is 10.7. The molecule has 0 aromatic carbocycles. The average Bonchev–Trinajstić information content (AvgIpc) is 3.04. The Morgan fingerprint density at radius 1 is 0.920 bits per heavy atom. The summed E-state index contributed by atoms with van der Waals surface area (Å²) in [6, 6.07) is 0. The summed E-state index contributed by atoms with van der Waals surface area (Å²) < 4.78 is 0. The number of carbonyl (C=O) groups is 1. The van der Waals surface area contributed by atoms with Gasteiger partial charge in [0.15, 0.2) is 11.6 Å². The first-order chi connectivity index (χ1) is 12.3. The second kappa shape index (κ2) is 15.2. The highest BCUT2D eigenvalue weighted by molar-refractivity contribution is 6.39. The Morgan fingerprint density at radius 2 is 1.48 bits per heavy atom. The Kier molecular flexibility index (Phi) is 13.3. The first-order valence-electron chi connectivity index (χ1n) is 10.7. The molecular weight excluding hydrogens is 308 g/mol. The van der Waals surface area contributed by atoms with Crippen molar-refractivity contribution in [3.63, 3.8) is 0 Å². The second-order valence-electron chi connectivity index (χ2n) is 7.38. The van der Waals surface area contributed by atoms with Gasteiger partial charge in [0, 0.05) is 20.0 Å². The lowest BCUT2D eigenvalue weighted by atomic mass is 10.1. The van der Waals surface area contributed by atoms with Crippen LogP contribution in [0.5, 0.6) is 0 Å². The zero-order valence-electron chi connectivity index (χ0n) is 16.8. The van der Waals surface area contributed by atoms with Crippen LogP contribution in [-0.2, 0) is 4.79 Å². The summed E-state index contributed by atoms with van der Waals surface area (Å²) >= 11 is 0. The van der Waals surface area contributed by atoms with E-state index in [1.54, 1.807) is 0 Å². The Hall–Kier alpha value is -1.12. The third-order valence-electron chi connectivity index (χ3n) is 4.97. The summed E-state index contributed by atoms with van der Waals surface area (Å²) in [6.45, 7) is 3.95. The Balaban J connectivity index is 1.82. The van der Waals surface area contributed by atoms with E-state index in [0.29, 0.717) is 12.3 Å². The maximum Gasteiger partial charge on any atom is 0.197 e. The van der Waals surface area contributed by atoms with E-state index in [9.17, 15) is 4.79 Å². The monoisotopic (exact) mass is 348 g/mol. The van der Waals surface area contributed by atoms with Crippen molar-refractivity contribution < 1.29 is 4.79 Å². The molecule has 0 saturated carbocycles. The standard InChI is InChI=1S/C22H40N2O/c1-3-4-5-6-7-8-9-10-11-12-13-14-15-16-17-18-21(25)22-23-19-20-24(22)2/h10-11H,3-9,12-20H2,1-2H3. The minimum absolute atomic E-state index is 0.234. The van der Waals surface area contributed by atoms with Gasteiger partial charge in [0.1, 0.15) is 0 Å². The molecule has 0 radical (unpaired) electrons. The van der Waals surface area contributed by atoms with Gasteiger partial charge in [-0.25, -0.2) is 0 Å². The van der Waals surface area contributed by atoms with E-state index < -0.39 is 0 Å². The van der Waals surface area contributed by atoms with E-state index in [1.165, 1.54) is 77.0 Å². The van der Waals surface area contributed by atoms with Crippen molar-refractivity contribution in [3.8, 4) is 0 Å². The zero-order chi connectivity index (χ0) is 18.2. The summed E-state index contributed by atoms with van der Waals surface area (Å²) in [7, 11) is 1.96. The zero-order valence-corrected chi connectivity index (χ0v) is 16.8. The van der Waals surface area contributed by atoms with Crippen molar-refractivity contribution in [3.05, 3.63) is 12.2 Å². The van der Waals surface area contributed by atoms with E-state index in [4.69, 9.17) is 0 Å². The molecule has 0 atom stereocenters. The fourth-order valence-electron chi connectivity index (χ4n) is 3.30. The maximum absolute atomic E-state index is 12.0. The van der Waals surface area contributed by atoms with Gasteiger partial charge in [-0.2, -0.15) is 0 Å². The molecule has 1 rings (SSSR count). The molecule has 0 aliphatic carbocycles. The number of rotatable bonds is 16. The van der Waals surface area contributed by atoms with Gasteiger partial charge in [0.25, 0.3) is 0 Å². The maximum atomic E-state index is 12.0. The number of aliphatic imine (C=N–C) groups is 1. The molecule has 25 heavy (non-hydrogen) atoms. The second-order valence-corrected chi connectivity index (χ2v) is 7.38. The van der Waals surface area contributed by atoms with Crippen LogP contribution in [0.15, 0.2) is 17.1 Å². The number of allylic oxidation sites excluding steroid dienone is 2. The highest BCUT2D eigenvalue weighted by Gasteiger charge is 2.19. The summed E-state index contributed by atoms with van der Waals surface area (Å²) in [4.78, 5) is 18.3. The molecular formula is C22H40N2O. The molecule has 1 heterocycles. The molecule has 0 aromatic heterocycles. The van der Waals surface area contributed by atoms with E-state index in [0.717, 1.165) is 19.5 Å². The van der Waals surface area contributed by atoms with Gasteiger partial charge in [-0.1, -0.05) is 70.4 Å². The van der Waals surface area contributed by atoms with Crippen molar-refractivity contribution in [2.75, 3.05) is 20.1 Å². The largest absolute Gasteiger partial charge is 0.355 e. The number of ketones is 1. The fraction of sp³-hybridized carbons (Fsp3) is 0.818. The Morgan fingerprint density at radius 3 is 2.04 bits per heavy atom. The number of hydrogen-bond donors (Lipinski definition) is 0. The lowest BCUT2D eigenvalue weighted by Crippen LogP contribution is -2.29. The predicted molar refractivity (Wildman–Crippen MR) is 109 cm³/mol. The molecule has 0 bridgehead atoms. The number of likely N-dealkylation sites (N-methyl/N-ethyl adjacent to an activating group) is 1. The van der Waals surface area contributed by atoms with Gasteiger partial charge in [-0.15, -0.1) is 0 Å². The summed E-state index contributed by atoms with van der Waals surface area (Å²) in [6.07, 6.45) is 22.2. The van der Waals surface area contributed by atoms with Crippen LogP contribution in [0.25, 0.3) is 0 Å². The minimum atomic E-state index is 0.234. The summed E-state index contributed by atoms with van der Waals surface area (Å²) in [5.41, 5.74) is 0. The van der Waals surface area contributed by atoms with Crippen molar-refractivity contribution in [1.82, 2.24) is 4.90 Å². The highest BCUT2D eigenvalue weighted by atomic mass is 16.1. The van der Waals surface area contributed by atoms with Crippen molar-refractivity contribution in [2.45, 2.75) is 96.8 Å². The lowest BCUT2D eigenvalue weighted by molar-refractivity contribution is -0.113. The Labute approximate surface area is 156 Å². The Bertz CT molecular complexity index is 401. The molecule has 0 amide bonds. The van der Waals surface area contributed by atoms with E-state index >= 15 is 0 Å². The fourth-order valence-corrected chi connectivity index (χ4v) is 3.30. The molecule has 3 heteroatoms. The molecule has 0 unspecified atom stereocenters. The molecule has 0 saturated heterocycles. The summed E-state index contributed by atoms with van der Waals surface area (Å²) in [5, 5.41) is 0. The van der Waals surface area contributed by atoms with Crippen LogP contribution in [0.1, 0.15) is 96.8 Å². The van der Waals surface area contributed by atoms with Gasteiger partial charge in [0.2, 0.25) is 0 Å². The normalized spacial score (nSPS) is 14.5. The van der Waals surface area contributed by atoms with Gasteiger partial charge in [-0.05, 0) is 32.1 Å². The molecule has 0 spiro atoms. The minimum Gasteiger partial charge on any atom is -0.355 e. The molecule has 0 fully saturated rings. The van der Waals surface area contributed by atoms with Gasteiger partial charge >= 0.3 is 0 Å². The topological polar surface area (TPSA) is 32.7 Å². The van der Waals surface area contributed by atoms with Crippen LogP contribution < -0.4 is 0 Å². The lowest BCUT2D eigenvalue weighted by Gasteiger charge is -2.11. The number of Topliss-reactive ketones (excluding diaryl/α,β-unsaturated/α-hetero) is 1. The van der Waals surface area contributed by atoms with Gasteiger partial charge < -0.3 is 4.90 Å². The van der Waals surface area contributed by atoms with Crippen molar-refractivity contribution >= 4 is 11.6 Å². The summed E-state index contributed by atoms with van der Waals surface area (Å²) in [5.74, 6) is 0.938. The number of amidine groups is 1. The average molecular weight is 349 g/mol. The van der Waals surface area contributed by atoms with Crippen LogP contribution in [0.3, 0.4) is 0 Å². The molecule has 0 aromatic rings. The van der Waals surface area contributed by atoms with Crippen LogP contribution in [0, 0.1) is 0 Å². The quantitative estimate of drug-likeness (QED) is 0.255.